The third-order valence-electron chi connectivity index (χ3n) is 8.74. The Morgan fingerprint density at radius 3 is 1.95 bits per heavy atom. The molecule has 220 valence electrons. The molecule has 7 nitrogen and oxygen atoms in total. The van der Waals surface area contributed by atoms with E-state index in [0.717, 1.165) is 41.4 Å². The highest BCUT2D eigenvalue weighted by atomic mass is 16.4. The Kier molecular flexibility index (Phi) is 8.70. The Hall–Kier alpha value is -4.62. The van der Waals surface area contributed by atoms with Gasteiger partial charge in [-0.25, -0.2) is 9.59 Å². The first-order chi connectivity index (χ1) is 21.1. The molecule has 0 bridgehead atoms. The number of para-hydroxylation sites is 2. The number of nitrogens with one attached hydrogen (secondary N) is 1. The maximum atomic E-state index is 13.5. The van der Waals surface area contributed by atoms with Crippen LogP contribution in [0.2, 0.25) is 0 Å². The van der Waals surface area contributed by atoms with Crippen molar-refractivity contribution in [3.05, 3.63) is 142 Å². The molecule has 43 heavy (non-hydrogen) atoms. The summed E-state index contributed by atoms with van der Waals surface area (Å²) in [5, 5.41) is 10.6. The maximum Gasteiger partial charge on any atom is 0.408 e. The van der Waals surface area contributed by atoms with Gasteiger partial charge in [0.15, 0.2) is 0 Å². The Morgan fingerprint density at radius 1 is 0.791 bits per heavy atom. The van der Waals surface area contributed by atoms with E-state index in [1.807, 2.05) is 71.3 Å². The number of likely N-dealkylation sites (tertiary alicyclic amines) is 1. The van der Waals surface area contributed by atoms with Crippen LogP contribution >= 0.6 is 0 Å². The van der Waals surface area contributed by atoms with Crippen molar-refractivity contribution in [2.75, 3.05) is 6.54 Å². The van der Waals surface area contributed by atoms with Crippen molar-refractivity contribution in [3.63, 3.8) is 0 Å². The molecule has 0 aliphatic carbocycles. The third kappa shape index (κ3) is 6.42. The van der Waals surface area contributed by atoms with Crippen LogP contribution in [-0.4, -0.2) is 43.3 Å². The zero-order valence-corrected chi connectivity index (χ0v) is 24.3. The van der Waals surface area contributed by atoms with Gasteiger partial charge in [0.2, 0.25) is 0 Å². The van der Waals surface area contributed by atoms with E-state index in [2.05, 4.69) is 58.4 Å². The topological polar surface area (TPSA) is 81.6 Å². The number of aromatic amines is 1. The summed E-state index contributed by atoms with van der Waals surface area (Å²) in [6, 6.07) is 38.5. The minimum Gasteiger partial charge on any atom is -0.465 e. The first-order valence-electron chi connectivity index (χ1n) is 15.1. The molecule has 0 radical (unpaired) electrons. The number of amides is 1. The molecule has 1 aliphatic heterocycles. The minimum absolute atomic E-state index is 0.113. The summed E-state index contributed by atoms with van der Waals surface area (Å²) in [4.78, 5) is 33.4. The molecular formula is C36H38N4O3. The van der Waals surface area contributed by atoms with Crippen molar-refractivity contribution in [1.82, 2.24) is 19.4 Å². The highest BCUT2D eigenvalue weighted by Crippen LogP contribution is 2.40. The third-order valence-corrected chi connectivity index (χ3v) is 8.74. The van der Waals surface area contributed by atoms with E-state index >= 15 is 0 Å². The second kappa shape index (κ2) is 13.1. The van der Waals surface area contributed by atoms with Crippen molar-refractivity contribution in [3.8, 4) is 0 Å². The van der Waals surface area contributed by atoms with E-state index in [1.54, 1.807) is 4.90 Å². The Bertz CT molecular complexity index is 1640. The number of piperidine rings is 1. The molecule has 0 spiro atoms. The quantitative estimate of drug-likeness (QED) is 0.190. The van der Waals surface area contributed by atoms with Crippen molar-refractivity contribution < 1.29 is 9.90 Å². The summed E-state index contributed by atoms with van der Waals surface area (Å²) >= 11 is 0. The summed E-state index contributed by atoms with van der Waals surface area (Å²) in [6.07, 6.45) is 1.79. The average Bonchev–Trinajstić information content (AvgIpc) is 3.37. The molecule has 3 atom stereocenters. The summed E-state index contributed by atoms with van der Waals surface area (Å²) in [5.74, 6) is -0.113. The smallest absolute Gasteiger partial charge is 0.408 e. The van der Waals surface area contributed by atoms with Crippen LogP contribution in [0.25, 0.3) is 11.0 Å². The van der Waals surface area contributed by atoms with Crippen molar-refractivity contribution >= 4 is 17.1 Å². The molecular weight excluding hydrogens is 536 g/mol. The summed E-state index contributed by atoms with van der Waals surface area (Å²) in [7, 11) is 0. The minimum atomic E-state index is -0.922. The molecule has 1 saturated heterocycles. The lowest BCUT2D eigenvalue weighted by Crippen LogP contribution is -2.59. The standard InChI is InChI=1S/C36H38N4O3/c41-35-37-31-21-10-11-22-33(31)40(35)32-23-24-39(36(42)43)34(30(32)20-12-19-27-13-4-1-5-14-27)38(25-28-15-6-2-7-16-28)26-29-17-8-3-9-18-29/h1-11,13-18,21-22,30,32,34H,12,19-20,23-26H2,(H,37,41)(H,42,43)/t30?,32?,34-/m0/s1. The molecule has 1 fully saturated rings. The van der Waals surface area contributed by atoms with Gasteiger partial charge in [0, 0.05) is 31.6 Å². The van der Waals surface area contributed by atoms with E-state index < -0.39 is 12.3 Å². The number of aryl methyl sites for hydroxylation is 1. The molecule has 1 amide bonds. The molecule has 2 N–H and O–H groups in total. The van der Waals surface area contributed by atoms with Crippen molar-refractivity contribution in [2.45, 2.75) is 51.0 Å². The van der Waals surface area contributed by atoms with Crippen LogP contribution in [0, 0.1) is 5.92 Å². The van der Waals surface area contributed by atoms with Gasteiger partial charge in [0.25, 0.3) is 0 Å². The van der Waals surface area contributed by atoms with Gasteiger partial charge in [-0.3, -0.25) is 14.4 Å². The van der Waals surface area contributed by atoms with Gasteiger partial charge in [-0.1, -0.05) is 103 Å². The molecule has 0 saturated carbocycles. The molecule has 6 rings (SSSR count). The number of carboxylic acid groups (broad SMARTS) is 1. The van der Waals surface area contributed by atoms with Gasteiger partial charge in [0.1, 0.15) is 0 Å². The first kappa shape index (κ1) is 28.5. The maximum absolute atomic E-state index is 13.5. The molecule has 5 aromatic rings. The van der Waals surface area contributed by atoms with Crippen LogP contribution in [0.4, 0.5) is 4.79 Å². The molecule has 4 aromatic carbocycles. The average molecular weight is 575 g/mol. The predicted molar refractivity (Wildman–Crippen MR) is 170 cm³/mol. The molecule has 1 aromatic heterocycles. The normalized spacial score (nSPS) is 18.7. The number of imidazole rings is 1. The first-order valence-corrected chi connectivity index (χ1v) is 15.1. The van der Waals surface area contributed by atoms with E-state index in [1.165, 1.54) is 5.56 Å². The fourth-order valence-corrected chi connectivity index (χ4v) is 6.86. The van der Waals surface area contributed by atoms with Crippen LogP contribution in [0.15, 0.2) is 120 Å². The monoisotopic (exact) mass is 574 g/mol. The van der Waals surface area contributed by atoms with Crippen LogP contribution in [-0.2, 0) is 19.5 Å². The summed E-state index contributed by atoms with van der Waals surface area (Å²) in [6.45, 7) is 1.54. The van der Waals surface area contributed by atoms with Crippen molar-refractivity contribution in [2.24, 2.45) is 5.92 Å². The van der Waals surface area contributed by atoms with Crippen LogP contribution < -0.4 is 5.69 Å². The molecule has 1 aliphatic rings. The largest absolute Gasteiger partial charge is 0.465 e. The number of benzene rings is 4. The number of aromatic nitrogens is 2. The Morgan fingerprint density at radius 2 is 1.35 bits per heavy atom. The zero-order chi connectivity index (χ0) is 29.6. The number of H-pyrrole nitrogens is 1. The lowest BCUT2D eigenvalue weighted by Gasteiger charge is -2.49. The molecule has 2 heterocycles. The van der Waals surface area contributed by atoms with Gasteiger partial charge in [-0.2, -0.15) is 0 Å². The van der Waals surface area contributed by atoms with E-state index in [-0.39, 0.29) is 17.6 Å². The number of hydrogen-bond donors (Lipinski definition) is 2. The SMILES string of the molecule is O=C(O)N1CCC(n2c(=O)[nH]c3ccccc32)C(CCCc2ccccc2)[C@H]1N(Cc1ccccc1)Cc1ccccc1. The summed E-state index contributed by atoms with van der Waals surface area (Å²) in [5.41, 5.74) is 5.04. The number of hydrogen-bond acceptors (Lipinski definition) is 3. The fourth-order valence-electron chi connectivity index (χ4n) is 6.86. The van der Waals surface area contributed by atoms with E-state index in [9.17, 15) is 14.7 Å². The van der Waals surface area contributed by atoms with Gasteiger partial charge < -0.3 is 10.1 Å². The van der Waals surface area contributed by atoms with Crippen LogP contribution in [0.5, 0.6) is 0 Å². The Balaban J connectivity index is 1.43. The lowest BCUT2D eigenvalue weighted by atomic mass is 9.83. The fraction of sp³-hybridized carbons (Fsp3) is 0.278. The number of rotatable bonds is 10. The van der Waals surface area contributed by atoms with Crippen LogP contribution in [0.3, 0.4) is 0 Å². The highest BCUT2D eigenvalue weighted by molar-refractivity contribution is 5.75. The van der Waals surface area contributed by atoms with Gasteiger partial charge in [-0.05, 0) is 54.5 Å². The van der Waals surface area contributed by atoms with E-state index in [0.29, 0.717) is 26.1 Å². The van der Waals surface area contributed by atoms with Crippen molar-refractivity contribution in [1.29, 1.82) is 0 Å². The highest BCUT2D eigenvalue weighted by Gasteiger charge is 2.44. The number of fused-ring (bicyclic) bond motifs is 1. The van der Waals surface area contributed by atoms with Gasteiger partial charge >= 0.3 is 11.8 Å². The summed E-state index contributed by atoms with van der Waals surface area (Å²) < 4.78 is 1.90. The van der Waals surface area contributed by atoms with Gasteiger partial charge in [0.05, 0.1) is 17.2 Å². The number of carbonyl (C=O) groups is 1. The Labute approximate surface area is 252 Å². The van der Waals surface area contributed by atoms with Crippen LogP contribution in [0.1, 0.15) is 42.0 Å². The van der Waals surface area contributed by atoms with E-state index in [4.69, 9.17) is 0 Å². The predicted octanol–water partition coefficient (Wildman–Crippen LogP) is 6.92. The second-order valence-corrected chi connectivity index (χ2v) is 11.5. The molecule has 7 heteroatoms. The van der Waals surface area contributed by atoms with Gasteiger partial charge in [-0.15, -0.1) is 0 Å². The zero-order valence-electron chi connectivity index (χ0n) is 24.3. The second-order valence-electron chi connectivity index (χ2n) is 11.5. The molecule has 2 unspecified atom stereocenters. The lowest BCUT2D eigenvalue weighted by molar-refractivity contribution is -0.0491. The number of nitrogens with zero attached hydrogens (tertiary/aromatic N) is 3.